The van der Waals surface area contributed by atoms with Gasteiger partial charge in [0.25, 0.3) is 0 Å². The van der Waals surface area contributed by atoms with Crippen LogP contribution in [0.1, 0.15) is 34.4 Å². The van der Waals surface area contributed by atoms with Crippen LogP contribution in [-0.4, -0.2) is 9.78 Å². The number of benzene rings is 1. The second-order valence-corrected chi connectivity index (χ2v) is 5.47. The molecule has 0 aliphatic heterocycles. The Hall–Kier alpha value is -1.61. The topological polar surface area (TPSA) is 29.9 Å². The molecule has 0 unspecified atom stereocenters. The van der Waals surface area contributed by atoms with Crippen molar-refractivity contribution in [1.82, 2.24) is 15.1 Å². The van der Waals surface area contributed by atoms with Gasteiger partial charge in [0.2, 0.25) is 0 Å². The Balaban J connectivity index is 1.59. The van der Waals surface area contributed by atoms with Crippen LogP contribution in [0.4, 0.5) is 0 Å². The molecule has 3 nitrogen and oxygen atoms in total. The lowest BCUT2D eigenvalue weighted by atomic mass is 10.1. The molecule has 0 amide bonds. The minimum absolute atomic E-state index is 0.886. The highest BCUT2D eigenvalue weighted by Gasteiger charge is 2.10. The summed E-state index contributed by atoms with van der Waals surface area (Å²) in [6.07, 6.45) is 5.93. The molecule has 1 N–H and O–H groups in total. The number of aryl methyl sites for hydroxylation is 4. The number of hydrogen-bond acceptors (Lipinski definition) is 2. The lowest BCUT2D eigenvalue weighted by Gasteiger charge is -2.06. The molecule has 1 aromatic carbocycles. The van der Waals surface area contributed by atoms with Gasteiger partial charge in [0, 0.05) is 31.9 Å². The Kier molecular flexibility index (Phi) is 3.38. The molecule has 0 bridgehead atoms. The highest BCUT2D eigenvalue weighted by molar-refractivity contribution is 5.35. The predicted octanol–water partition coefficient (Wildman–Crippen LogP) is 2.51. The normalized spacial score (nSPS) is 13.8. The maximum Gasteiger partial charge on any atom is 0.0638 e. The van der Waals surface area contributed by atoms with Gasteiger partial charge in [-0.15, -0.1) is 0 Å². The van der Waals surface area contributed by atoms with Gasteiger partial charge in [-0.2, -0.15) is 5.10 Å². The number of nitrogens with zero attached hydrogens (tertiary/aromatic N) is 2. The number of hydrogen-bond donors (Lipinski definition) is 1. The Morgan fingerprint density at radius 3 is 2.84 bits per heavy atom. The Morgan fingerprint density at radius 2 is 2.05 bits per heavy atom. The number of aromatic nitrogens is 2. The molecule has 0 spiro atoms. The smallest absolute Gasteiger partial charge is 0.0638 e. The maximum atomic E-state index is 4.36. The van der Waals surface area contributed by atoms with Crippen molar-refractivity contribution in [2.45, 2.75) is 39.3 Å². The fraction of sp³-hybridized carbons (Fsp3) is 0.438. The van der Waals surface area contributed by atoms with E-state index in [0.29, 0.717) is 0 Å². The average molecular weight is 255 g/mol. The third-order valence-corrected chi connectivity index (χ3v) is 3.92. The second-order valence-electron chi connectivity index (χ2n) is 5.47. The van der Waals surface area contributed by atoms with Crippen LogP contribution in [-0.2, 0) is 33.0 Å². The minimum Gasteiger partial charge on any atom is -0.308 e. The van der Waals surface area contributed by atoms with Crippen molar-refractivity contribution in [2.24, 2.45) is 7.05 Å². The molecule has 3 rings (SSSR count). The summed E-state index contributed by atoms with van der Waals surface area (Å²) in [6.45, 7) is 3.88. The van der Waals surface area contributed by atoms with Crippen LogP contribution in [0.25, 0.3) is 0 Å². The molecule has 3 heteroatoms. The fourth-order valence-corrected chi connectivity index (χ4v) is 2.90. The summed E-state index contributed by atoms with van der Waals surface area (Å²) in [7, 11) is 1.97. The molecule has 19 heavy (non-hydrogen) atoms. The summed E-state index contributed by atoms with van der Waals surface area (Å²) in [5.74, 6) is 0. The first-order valence-corrected chi connectivity index (χ1v) is 7.03. The van der Waals surface area contributed by atoms with Crippen molar-refractivity contribution in [3.05, 3.63) is 52.3 Å². The largest absolute Gasteiger partial charge is 0.308 e. The summed E-state index contributed by atoms with van der Waals surface area (Å²) in [5.41, 5.74) is 6.89. The lowest BCUT2D eigenvalue weighted by molar-refractivity contribution is 0.689. The van der Waals surface area contributed by atoms with E-state index in [2.05, 4.69) is 41.7 Å². The van der Waals surface area contributed by atoms with E-state index in [1.54, 1.807) is 11.1 Å². The van der Waals surface area contributed by atoms with Crippen LogP contribution in [0, 0.1) is 6.92 Å². The molecular weight excluding hydrogens is 234 g/mol. The fourth-order valence-electron chi connectivity index (χ4n) is 2.90. The van der Waals surface area contributed by atoms with E-state index in [0.717, 1.165) is 18.8 Å². The van der Waals surface area contributed by atoms with Gasteiger partial charge in [-0.3, -0.25) is 4.68 Å². The van der Waals surface area contributed by atoms with Gasteiger partial charge >= 0.3 is 0 Å². The standard InChI is InChI=1S/C16H21N3/c1-12-16(11-19(2)18-12)10-17-9-13-6-7-14-4-3-5-15(14)8-13/h6-8,11,17H,3-5,9-10H2,1-2H3. The monoisotopic (exact) mass is 255 g/mol. The quantitative estimate of drug-likeness (QED) is 0.909. The molecule has 0 radical (unpaired) electrons. The summed E-state index contributed by atoms with van der Waals surface area (Å²) < 4.78 is 1.88. The SMILES string of the molecule is Cc1nn(C)cc1CNCc1ccc2c(c1)CCC2. The highest BCUT2D eigenvalue weighted by atomic mass is 15.2. The van der Waals surface area contributed by atoms with Crippen molar-refractivity contribution < 1.29 is 0 Å². The van der Waals surface area contributed by atoms with Crippen molar-refractivity contribution in [1.29, 1.82) is 0 Å². The van der Waals surface area contributed by atoms with Crippen molar-refractivity contribution in [3.63, 3.8) is 0 Å². The van der Waals surface area contributed by atoms with Crippen LogP contribution in [0.3, 0.4) is 0 Å². The number of fused-ring (bicyclic) bond motifs is 1. The van der Waals surface area contributed by atoms with E-state index in [9.17, 15) is 0 Å². The average Bonchev–Trinajstić information content (AvgIpc) is 2.96. The van der Waals surface area contributed by atoms with Crippen LogP contribution >= 0.6 is 0 Å². The lowest BCUT2D eigenvalue weighted by Crippen LogP contribution is -2.13. The zero-order valence-corrected chi connectivity index (χ0v) is 11.7. The molecule has 0 saturated carbocycles. The van der Waals surface area contributed by atoms with Gasteiger partial charge in [-0.25, -0.2) is 0 Å². The van der Waals surface area contributed by atoms with Gasteiger partial charge in [-0.05, 0) is 42.9 Å². The summed E-state index contributed by atoms with van der Waals surface area (Å²) in [4.78, 5) is 0. The molecule has 0 fully saturated rings. The van der Waals surface area contributed by atoms with E-state index >= 15 is 0 Å². The third-order valence-electron chi connectivity index (χ3n) is 3.92. The molecule has 0 atom stereocenters. The van der Waals surface area contributed by atoms with E-state index in [1.165, 1.54) is 30.4 Å². The first-order chi connectivity index (χ1) is 9.22. The van der Waals surface area contributed by atoms with E-state index in [4.69, 9.17) is 0 Å². The number of rotatable bonds is 4. The Morgan fingerprint density at radius 1 is 1.21 bits per heavy atom. The highest BCUT2D eigenvalue weighted by Crippen LogP contribution is 2.22. The van der Waals surface area contributed by atoms with Crippen molar-refractivity contribution in [3.8, 4) is 0 Å². The van der Waals surface area contributed by atoms with Crippen LogP contribution in [0.2, 0.25) is 0 Å². The third kappa shape index (κ3) is 2.71. The molecule has 1 aromatic heterocycles. The van der Waals surface area contributed by atoms with Crippen molar-refractivity contribution in [2.75, 3.05) is 0 Å². The molecule has 1 heterocycles. The molecule has 2 aromatic rings. The van der Waals surface area contributed by atoms with Crippen LogP contribution < -0.4 is 5.32 Å². The maximum absolute atomic E-state index is 4.36. The first-order valence-electron chi connectivity index (χ1n) is 7.03. The molecule has 1 aliphatic rings. The van der Waals surface area contributed by atoms with E-state index in [-0.39, 0.29) is 0 Å². The minimum atomic E-state index is 0.886. The molecular formula is C16H21N3. The number of nitrogens with one attached hydrogen (secondary N) is 1. The Bertz CT molecular complexity index is 584. The van der Waals surface area contributed by atoms with Gasteiger partial charge < -0.3 is 5.32 Å². The van der Waals surface area contributed by atoms with Gasteiger partial charge in [0.15, 0.2) is 0 Å². The van der Waals surface area contributed by atoms with Gasteiger partial charge in [0.05, 0.1) is 5.69 Å². The molecule has 100 valence electrons. The second kappa shape index (κ2) is 5.17. The van der Waals surface area contributed by atoms with Crippen molar-refractivity contribution >= 4 is 0 Å². The van der Waals surface area contributed by atoms with Gasteiger partial charge in [-0.1, -0.05) is 18.2 Å². The van der Waals surface area contributed by atoms with E-state index in [1.807, 2.05) is 11.7 Å². The molecule has 0 saturated heterocycles. The summed E-state index contributed by atoms with van der Waals surface area (Å²) >= 11 is 0. The van der Waals surface area contributed by atoms with Crippen LogP contribution in [0.5, 0.6) is 0 Å². The Labute approximate surface area is 114 Å². The van der Waals surface area contributed by atoms with E-state index < -0.39 is 0 Å². The zero-order chi connectivity index (χ0) is 13.2. The first kappa shape index (κ1) is 12.4. The summed E-state index contributed by atoms with van der Waals surface area (Å²) in [5, 5.41) is 7.87. The van der Waals surface area contributed by atoms with Gasteiger partial charge in [0.1, 0.15) is 0 Å². The predicted molar refractivity (Wildman–Crippen MR) is 77.0 cm³/mol. The summed E-state index contributed by atoms with van der Waals surface area (Å²) in [6, 6.07) is 6.92. The molecule has 1 aliphatic carbocycles. The van der Waals surface area contributed by atoms with Crippen LogP contribution in [0.15, 0.2) is 24.4 Å². The zero-order valence-electron chi connectivity index (χ0n) is 11.7.